The van der Waals surface area contributed by atoms with Crippen LogP contribution in [0, 0.1) is 0 Å². The van der Waals surface area contributed by atoms with Crippen molar-refractivity contribution in [2.24, 2.45) is 0 Å². The van der Waals surface area contributed by atoms with Gasteiger partial charge in [0.25, 0.3) is 5.91 Å². The summed E-state index contributed by atoms with van der Waals surface area (Å²) < 4.78 is 10.2. The van der Waals surface area contributed by atoms with Gasteiger partial charge < -0.3 is 19.3 Å². The maximum atomic E-state index is 12.3. The lowest BCUT2D eigenvalue weighted by atomic mass is 10.1. The fourth-order valence-corrected chi connectivity index (χ4v) is 2.03. The van der Waals surface area contributed by atoms with Crippen LogP contribution in [-0.4, -0.2) is 40.7 Å². The number of carbonyl (C=O) groups excluding carboxylic acids is 1. The molecule has 7 nitrogen and oxygen atoms in total. The molecular weight excluding hydrogens is 312 g/mol. The normalized spacial score (nSPS) is 10.7. The van der Waals surface area contributed by atoms with Crippen LogP contribution in [0.3, 0.4) is 0 Å². The first-order valence-electron chi connectivity index (χ1n) is 7.52. The number of aromatic nitrogens is 1. The Morgan fingerprint density at radius 2 is 1.96 bits per heavy atom. The van der Waals surface area contributed by atoms with E-state index in [2.05, 4.69) is 5.16 Å². The van der Waals surface area contributed by atoms with Gasteiger partial charge in [0.2, 0.25) is 5.76 Å². The second-order valence-electron chi connectivity index (χ2n) is 5.76. The van der Waals surface area contributed by atoms with Crippen LogP contribution in [0.15, 0.2) is 34.9 Å². The molecule has 0 radical (unpaired) electrons. The molecule has 0 unspecified atom stereocenters. The quantitative estimate of drug-likeness (QED) is 0.837. The van der Waals surface area contributed by atoms with Crippen LogP contribution in [0.5, 0.6) is 5.75 Å². The minimum Gasteiger partial charge on any atom is -0.482 e. The SMILES string of the molecule is CC(C)c1cc(C(=O)N(C)Cc2ccc(OCC(=O)O)cc2)on1. The Morgan fingerprint density at radius 3 is 2.50 bits per heavy atom. The van der Waals surface area contributed by atoms with Crippen LogP contribution in [0.2, 0.25) is 0 Å². The second-order valence-corrected chi connectivity index (χ2v) is 5.76. The molecule has 2 aromatic rings. The standard InChI is InChI=1S/C17H20N2O5/c1-11(2)14-8-15(24-18-14)17(22)19(3)9-12-4-6-13(7-5-12)23-10-16(20)21/h4-8,11H,9-10H2,1-3H3,(H,20,21). The van der Waals surface area contributed by atoms with Gasteiger partial charge in [-0.05, 0) is 23.6 Å². The number of carboxylic acids is 1. The molecular formula is C17H20N2O5. The summed E-state index contributed by atoms with van der Waals surface area (Å²) in [5.74, 6) is -0.411. The van der Waals surface area contributed by atoms with E-state index in [9.17, 15) is 9.59 Å². The van der Waals surface area contributed by atoms with Crippen molar-refractivity contribution in [3.8, 4) is 5.75 Å². The highest BCUT2D eigenvalue weighted by Crippen LogP contribution is 2.17. The van der Waals surface area contributed by atoms with Gasteiger partial charge in [-0.3, -0.25) is 4.79 Å². The average molecular weight is 332 g/mol. The van der Waals surface area contributed by atoms with Crippen molar-refractivity contribution in [3.05, 3.63) is 47.3 Å². The fourth-order valence-electron chi connectivity index (χ4n) is 2.03. The van der Waals surface area contributed by atoms with Gasteiger partial charge in [0.05, 0.1) is 5.69 Å². The van der Waals surface area contributed by atoms with Gasteiger partial charge in [0, 0.05) is 19.7 Å². The summed E-state index contributed by atoms with van der Waals surface area (Å²) in [6, 6.07) is 8.55. The smallest absolute Gasteiger partial charge is 0.341 e. The third-order valence-corrected chi connectivity index (χ3v) is 3.38. The van der Waals surface area contributed by atoms with Crippen LogP contribution in [0.25, 0.3) is 0 Å². The minimum atomic E-state index is -1.03. The number of amides is 1. The number of ether oxygens (including phenoxy) is 1. The van der Waals surface area contributed by atoms with E-state index in [1.165, 1.54) is 4.90 Å². The number of carboxylic acid groups (broad SMARTS) is 1. The molecule has 1 aromatic heterocycles. The first kappa shape index (κ1) is 17.5. The molecule has 0 aliphatic carbocycles. The van der Waals surface area contributed by atoms with Gasteiger partial charge in [0.15, 0.2) is 6.61 Å². The summed E-state index contributed by atoms with van der Waals surface area (Å²) in [6.45, 7) is 3.95. The predicted octanol–water partition coefficient (Wildman–Crippen LogP) is 2.53. The number of nitrogens with zero attached hydrogens (tertiary/aromatic N) is 2. The van der Waals surface area contributed by atoms with Gasteiger partial charge in [-0.1, -0.05) is 31.1 Å². The number of aliphatic carboxylic acids is 1. The van der Waals surface area contributed by atoms with Crippen LogP contribution in [-0.2, 0) is 11.3 Å². The van der Waals surface area contributed by atoms with E-state index in [0.29, 0.717) is 12.3 Å². The molecule has 0 fully saturated rings. The van der Waals surface area contributed by atoms with Crippen molar-refractivity contribution in [1.82, 2.24) is 10.1 Å². The number of rotatable bonds is 7. The Kier molecular flexibility index (Phi) is 5.57. The summed E-state index contributed by atoms with van der Waals surface area (Å²) in [6.07, 6.45) is 0. The van der Waals surface area contributed by atoms with E-state index in [4.69, 9.17) is 14.4 Å². The van der Waals surface area contributed by atoms with Crippen LogP contribution < -0.4 is 4.74 Å². The summed E-state index contributed by atoms with van der Waals surface area (Å²) in [5, 5.41) is 12.5. The Morgan fingerprint density at radius 1 is 1.29 bits per heavy atom. The van der Waals surface area contributed by atoms with E-state index < -0.39 is 5.97 Å². The molecule has 1 heterocycles. The molecule has 128 valence electrons. The summed E-state index contributed by atoms with van der Waals surface area (Å²) >= 11 is 0. The van der Waals surface area contributed by atoms with Crippen LogP contribution in [0.4, 0.5) is 0 Å². The van der Waals surface area contributed by atoms with Crippen molar-refractivity contribution in [2.45, 2.75) is 26.3 Å². The van der Waals surface area contributed by atoms with E-state index in [1.807, 2.05) is 13.8 Å². The van der Waals surface area contributed by atoms with Gasteiger partial charge >= 0.3 is 5.97 Å². The summed E-state index contributed by atoms with van der Waals surface area (Å²) in [4.78, 5) is 24.3. The average Bonchev–Trinajstić information content (AvgIpc) is 3.03. The van der Waals surface area contributed by atoms with Crippen LogP contribution in [0.1, 0.15) is 41.6 Å². The van der Waals surface area contributed by atoms with E-state index in [-0.39, 0.29) is 24.2 Å². The highest BCUT2D eigenvalue weighted by Gasteiger charge is 2.18. The maximum Gasteiger partial charge on any atom is 0.341 e. The highest BCUT2D eigenvalue weighted by molar-refractivity contribution is 5.91. The van der Waals surface area contributed by atoms with Gasteiger partial charge in [-0.25, -0.2) is 4.79 Å². The zero-order valence-corrected chi connectivity index (χ0v) is 13.9. The lowest BCUT2D eigenvalue weighted by molar-refractivity contribution is -0.139. The molecule has 2 rings (SSSR count). The van der Waals surface area contributed by atoms with E-state index in [1.54, 1.807) is 37.4 Å². The third-order valence-electron chi connectivity index (χ3n) is 3.38. The van der Waals surface area contributed by atoms with Crippen molar-refractivity contribution in [2.75, 3.05) is 13.7 Å². The molecule has 0 bridgehead atoms. The Balaban J connectivity index is 1.96. The predicted molar refractivity (Wildman–Crippen MR) is 86.0 cm³/mol. The van der Waals surface area contributed by atoms with Gasteiger partial charge in [-0.15, -0.1) is 0 Å². The zero-order valence-electron chi connectivity index (χ0n) is 13.9. The highest BCUT2D eigenvalue weighted by atomic mass is 16.5. The number of hydrogen-bond acceptors (Lipinski definition) is 5. The topological polar surface area (TPSA) is 92.9 Å². The van der Waals surface area contributed by atoms with Gasteiger partial charge in [0.1, 0.15) is 5.75 Å². The number of benzene rings is 1. The largest absolute Gasteiger partial charge is 0.482 e. The maximum absolute atomic E-state index is 12.3. The molecule has 1 N–H and O–H groups in total. The van der Waals surface area contributed by atoms with Crippen molar-refractivity contribution in [1.29, 1.82) is 0 Å². The lowest BCUT2D eigenvalue weighted by Gasteiger charge is -2.15. The fraction of sp³-hybridized carbons (Fsp3) is 0.353. The molecule has 0 spiro atoms. The molecule has 7 heteroatoms. The first-order chi connectivity index (χ1) is 11.4. The lowest BCUT2D eigenvalue weighted by Crippen LogP contribution is -2.25. The Labute approximate surface area is 139 Å². The second kappa shape index (κ2) is 7.63. The molecule has 0 saturated carbocycles. The molecule has 1 aromatic carbocycles. The molecule has 24 heavy (non-hydrogen) atoms. The first-order valence-corrected chi connectivity index (χ1v) is 7.52. The van der Waals surface area contributed by atoms with Crippen LogP contribution >= 0.6 is 0 Å². The summed E-state index contributed by atoms with van der Waals surface area (Å²) in [5.41, 5.74) is 1.63. The monoisotopic (exact) mass is 332 g/mol. The Hall–Kier alpha value is -2.83. The molecule has 0 aliphatic heterocycles. The summed E-state index contributed by atoms with van der Waals surface area (Å²) in [7, 11) is 1.68. The molecule has 0 atom stereocenters. The molecule has 1 amide bonds. The third kappa shape index (κ3) is 4.58. The van der Waals surface area contributed by atoms with Crippen molar-refractivity contribution < 1.29 is 24.0 Å². The van der Waals surface area contributed by atoms with E-state index >= 15 is 0 Å². The van der Waals surface area contributed by atoms with Crippen molar-refractivity contribution in [3.63, 3.8) is 0 Å². The van der Waals surface area contributed by atoms with Gasteiger partial charge in [-0.2, -0.15) is 0 Å². The van der Waals surface area contributed by atoms with Crippen molar-refractivity contribution >= 4 is 11.9 Å². The molecule has 0 saturated heterocycles. The molecule has 0 aliphatic rings. The number of carbonyl (C=O) groups is 2. The zero-order chi connectivity index (χ0) is 17.7. The minimum absolute atomic E-state index is 0.193. The number of hydrogen-bond donors (Lipinski definition) is 1. The van der Waals surface area contributed by atoms with E-state index in [0.717, 1.165) is 11.3 Å². The Bertz CT molecular complexity index is 706.